The average Bonchev–Trinajstić information content (AvgIpc) is 3.02. The minimum Gasteiger partial charge on any atom is -0.467 e. The monoisotopic (exact) mass is 377 g/mol. The summed E-state index contributed by atoms with van der Waals surface area (Å²) in [5, 5.41) is 8.49. The Balaban J connectivity index is 0.00000162. The van der Waals surface area contributed by atoms with Gasteiger partial charge in [0.2, 0.25) is 0 Å². The second-order valence-corrected chi connectivity index (χ2v) is 4.47. The van der Waals surface area contributed by atoms with Gasteiger partial charge in [-0.2, -0.15) is 0 Å². The molecule has 18 heavy (non-hydrogen) atoms. The Morgan fingerprint density at radius 1 is 1.28 bits per heavy atom. The van der Waals surface area contributed by atoms with E-state index in [1.54, 1.807) is 24.6 Å². The lowest BCUT2D eigenvalue weighted by atomic mass is 10.4. The van der Waals surface area contributed by atoms with Crippen molar-refractivity contribution >= 4 is 41.3 Å². The maximum absolute atomic E-state index is 5.24. The SMILES string of the molecule is CN=C(NCc1ccco1)NCc1cccs1.I. The first-order valence-corrected chi connectivity index (χ1v) is 6.26. The summed E-state index contributed by atoms with van der Waals surface area (Å²) < 4.78 is 5.24. The third-order valence-corrected chi connectivity index (χ3v) is 3.12. The largest absolute Gasteiger partial charge is 0.467 e. The zero-order valence-corrected chi connectivity index (χ0v) is 13.2. The van der Waals surface area contributed by atoms with E-state index in [1.165, 1.54) is 4.88 Å². The fourth-order valence-electron chi connectivity index (χ4n) is 1.39. The first-order chi connectivity index (χ1) is 8.38. The fourth-order valence-corrected chi connectivity index (χ4v) is 2.03. The van der Waals surface area contributed by atoms with Crippen molar-refractivity contribution < 1.29 is 4.42 Å². The summed E-state index contributed by atoms with van der Waals surface area (Å²) in [7, 11) is 1.76. The van der Waals surface area contributed by atoms with Crippen LogP contribution in [0.1, 0.15) is 10.6 Å². The Labute approximate surface area is 128 Å². The van der Waals surface area contributed by atoms with E-state index in [-0.39, 0.29) is 24.0 Å². The van der Waals surface area contributed by atoms with Crippen molar-refractivity contribution in [1.29, 1.82) is 0 Å². The molecule has 6 heteroatoms. The van der Waals surface area contributed by atoms with Crippen LogP contribution >= 0.6 is 35.3 Å². The number of nitrogens with zero attached hydrogens (tertiary/aromatic N) is 1. The Morgan fingerprint density at radius 3 is 2.72 bits per heavy atom. The predicted molar refractivity (Wildman–Crippen MR) is 85.5 cm³/mol. The predicted octanol–water partition coefficient (Wildman–Crippen LogP) is 2.82. The van der Waals surface area contributed by atoms with Crippen molar-refractivity contribution in [2.75, 3.05) is 7.05 Å². The summed E-state index contributed by atoms with van der Waals surface area (Å²) >= 11 is 1.73. The second kappa shape index (κ2) is 8.15. The zero-order valence-electron chi connectivity index (χ0n) is 10.1. The zero-order chi connectivity index (χ0) is 11.9. The van der Waals surface area contributed by atoms with Crippen LogP contribution in [0.5, 0.6) is 0 Å². The van der Waals surface area contributed by atoms with Crippen LogP contribution in [-0.2, 0) is 13.1 Å². The number of furan rings is 1. The molecule has 0 saturated carbocycles. The van der Waals surface area contributed by atoms with Crippen molar-refractivity contribution in [1.82, 2.24) is 10.6 Å². The maximum atomic E-state index is 5.24. The molecule has 0 unspecified atom stereocenters. The Bertz CT molecular complexity index is 413. The molecule has 0 aliphatic rings. The highest BCUT2D eigenvalue weighted by atomic mass is 127. The van der Waals surface area contributed by atoms with E-state index < -0.39 is 0 Å². The van der Waals surface area contributed by atoms with Gasteiger partial charge in [0.05, 0.1) is 19.4 Å². The van der Waals surface area contributed by atoms with Gasteiger partial charge < -0.3 is 15.1 Å². The maximum Gasteiger partial charge on any atom is 0.191 e. The number of nitrogens with one attached hydrogen (secondary N) is 2. The van der Waals surface area contributed by atoms with E-state index in [2.05, 4.69) is 27.1 Å². The minimum atomic E-state index is 0. The first-order valence-electron chi connectivity index (χ1n) is 5.38. The molecule has 2 aromatic rings. The van der Waals surface area contributed by atoms with Crippen LogP contribution < -0.4 is 10.6 Å². The van der Waals surface area contributed by atoms with Gasteiger partial charge in [-0.25, -0.2) is 0 Å². The van der Waals surface area contributed by atoms with Gasteiger partial charge in [0, 0.05) is 11.9 Å². The van der Waals surface area contributed by atoms with E-state index >= 15 is 0 Å². The molecule has 0 fully saturated rings. The van der Waals surface area contributed by atoms with Crippen LogP contribution in [0, 0.1) is 0 Å². The Morgan fingerprint density at radius 2 is 2.11 bits per heavy atom. The number of hydrogen-bond acceptors (Lipinski definition) is 3. The molecule has 0 aliphatic carbocycles. The van der Waals surface area contributed by atoms with Crippen molar-refractivity contribution in [2.24, 2.45) is 4.99 Å². The molecular weight excluding hydrogens is 361 g/mol. The van der Waals surface area contributed by atoms with Gasteiger partial charge in [0.15, 0.2) is 5.96 Å². The van der Waals surface area contributed by atoms with Crippen LogP contribution in [0.4, 0.5) is 0 Å². The molecule has 2 rings (SSSR count). The summed E-state index contributed by atoms with van der Waals surface area (Å²) in [6.07, 6.45) is 1.67. The molecule has 98 valence electrons. The molecule has 0 atom stereocenters. The van der Waals surface area contributed by atoms with Crippen LogP contribution in [-0.4, -0.2) is 13.0 Å². The number of hydrogen-bond donors (Lipinski definition) is 2. The van der Waals surface area contributed by atoms with Gasteiger partial charge in [0.1, 0.15) is 5.76 Å². The van der Waals surface area contributed by atoms with Crippen molar-refractivity contribution in [3.05, 3.63) is 46.5 Å². The van der Waals surface area contributed by atoms with Gasteiger partial charge in [-0.15, -0.1) is 35.3 Å². The third-order valence-electron chi connectivity index (χ3n) is 2.24. The molecular formula is C12H16IN3OS. The number of thiophene rings is 1. The molecule has 4 nitrogen and oxygen atoms in total. The van der Waals surface area contributed by atoms with Gasteiger partial charge >= 0.3 is 0 Å². The fraction of sp³-hybridized carbons (Fsp3) is 0.250. The van der Waals surface area contributed by atoms with E-state index in [0.29, 0.717) is 6.54 Å². The van der Waals surface area contributed by atoms with E-state index in [1.807, 2.05) is 18.2 Å². The van der Waals surface area contributed by atoms with Gasteiger partial charge in [-0.3, -0.25) is 4.99 Å². The lowest BCUT2D eigenvalue weighted by Crippen LogP contribution is -2.36. The molecule has 0 saturated heterocycles. The Kier molecular flexibility index (Phi) is 6.81. The van der Waals surface area contributed by atoms with Crippen LogP contribution in [0.3, 0.4) is 0 Å². The Hall–Kier alpha value is -1.02. The van der Waals surface area contributed by atoms with Crippen LogP contribution in [0.2, 0.25) is 0 Å². The average molecular weight is 377 g/mol. The number of rotatable bonds is 4. The highest BCUT2D eigenvalue weighted by Crippen LogP contribution is 2.07. The minimum absolute atomic E-state index is 0. The molecule has 2 aromatic heterocycles. The molecule has 0 aliphatic heterocycles. The number of aliphatic imine (C=N–C) groups is 1. The standard InChI is InChI=1S/C12H15N3OS.HI/c1-13-12(14-8-10-4-2-6-16-10)15-9-11-5-3-7-17-11;/h2-7H,8-9H2,1H3,(H2,13,14,15);1H. The summed E-state index contributed by atoms with van der Waals surface area (Å²) in [6, 6.07) is 7.94. The van der Waals surface area contributed by atoms with Crippen LogP contribution in [0.15, 0.2) is 45.3 Å². The summed E-state index contributed by atoms with van der Waals surface area (Å²) in [6.45, 7) is 1.42. The quantitative estimate of drug-likeness (QED) is 0.490. The third kappa shape index (κ3) is 4.69. The lowest BCUT2D eigenvalue weighted by Gasteiger charge is -2.09. The molecule has 2 N–H and O–H groups in total. The first kappa shape index (κ1) is 15.0. The summed E-state index contributed by atoms with van der Waals surface area (Å²) in [5.74, 6) is 1.67. The van der Waals surface area contributed by atoms with Crippen LogP contribution in [0.25, 0.3) is 0 Å². The highest BCUT2D eigenvalue weighted by molar-refractivity contribution is 14.0. The summed E-state index contributed by atoms with van der Waals surface area (Å²) in [5.41, 5.74) is 0. The van der Waals surface area contributed by atoms with Crippen molar-refractivity contribution in [3.63, 3.8) is 0 Å². The molecule has 0 aromatic carbocycles. The van der Waals surface area contributed by atoms with Gasteiger partial charge in [-0.05, 0) is 23.6 Å². The molecule has 2 heterocycles. The molecule has 0 spiro atoms. The van der Waals surface area contributed by atoms with Crippen molar-refractivity contribution in [3.8, 4) is 0 Å². The summed E-state index contributed by atoms with van der Waals surface area (Å²) in [4.78, 5) is 5.43. The number of guanidine groups is 1. The smallest absolute Gasteiger partial charge is 0.191 e. The molecule has 0 amide bonds. The van der Waals surface area contributed by atoms with E-state index in [4.69, 9.17) is 4.42 Å². The van der Waals surface area contributed by atoms with Gasteiger partial charge in [0.25, 0.3) is 0 Å². The van der Waals surface area contributed by atoms with Crippen molar-refractivity contribution in [2.45, 2.75) is 13.1 Å². The number of halogens is 1. The second-order valence-electron chi connectivity index (χ2n) is 3.44. The van der Waals surface area contributed by atoms with Gasteiger partial charge in [-0.1, -0.05) is 6.07 Å². The molecule has 0 bridgehead atoms. The highest BCUT2D eigenvalue weighted by Gasteiger charge is 2.00. The molecule has 0 radical (unpaired) electrons. The lowest BCUT2D eigenvalue weighted by molar-refractivity contribution is 0.501. The topological polar surface area (TPSA) is 49.6 Å². The van der Waals surface area contributed by atoms with E-state index in [0.717, 1.165) is 18.3 Å². The van der Waals surface area contributed by atoms with E-state index in [9.17, 15) is 0 Å². The normalized spacial score (nSPS) is 10.8.